The average molecular weight is 416 g/mol. The summed E-state index contributed by atoms with van der Waals surface area (Å²) in [6.45, 7) is 2.62. The Morgan fingerprint density at radius 1 is 1.20 bits per heavy atom. The second-order valence-electron chi connectivity index (χ2n) is 6.97. The quantitative estimate of drug-likeness (QED) is 0.728. The number of esters is 1. The van der Waals surface area contributed by atoms with Gasteiger partial charge in [-0.3, -0.25) is 4.79 Å². The fourth-order valence-electron chi connectivity index (χ4n) is 3.40. The van der Waals surface area contributed by atoms with E-state index in [4.69, 9.17) is 19.9 Å². The molecule has 2 atom stereocenters. The fourth-order valence-corrected chi connectivity index (χ4v) is 3.40. The van der Waals surface area contributed by atoms with Crippen molar-refractivity contribution in [1.82, 2.24) is 4.90 Å². The van der Waals surface area contributed by atoms with Gasteiger partial charge in [-0.2, -0.15) is 0 Å². The van der Waals surface area contributed by atoms with E-state index in [0.717, 1.165) is 12.0 Å². The molecular weight excluding hydrogens is 391 g/mol. The Labute approximate surface area is 174 Å². The minimum Gasteiger partial charge on any atom is -0.467 e. The molecule has 2 aromatic carbocycles. The van der Waals surface area contributed by atoms with Crippen LogP contribution in [0.25, 0.3) is 0 Å². The van der Waals surface area contributed by atoms with Gasteiger partial charge >= 0.3 is 5.97 Å². The van der Waals surface area contributed by atoms with Crippen molar-refractivity contribution < 1.29 is 28.2 Å². The monoisotopic (exact) mass is 416 g/mol. The Morgan fingerprint density at radius 3 is 2.57 bits per heavy atom. The van der Waals surface area contributed by atoms with E-state index < -0.39 is 29.8 Å². The van der Waals surface area contributed by atoms with Gasteiger partial charge in [-0.05, 0) is 55.8 Å². The molecule has 1 heterocycles. The van der Waals surface area contributed by atoms with E-state index in [9.17, 15) is 14.0 Å². The van der Waals surface area contributed by atoms with Crippen LogP contribution in [0.1, 0.15) is 22.8 Å². The van der Waals surface area contributed by atoms with Gasteiger partial charge in [0.05, 0.1) is 25.4 Å². The Bertz CT molecular complexity index is 903. The smallest absolute Gasteiger partial charge is 0.331 e. The zero-order valence-electron chi connectivity index (χ0n) is 17.0. The van der Waals surface area contributed by atoms with E-state index in [1.165, 1.54) is 30.2 Å². The first-order valence-corrected chi connectivity index (χ1v) is 9.71. The number of ether oxygens (including phenoxy) is 3. The molecule has 1 aliphatic heterocycles. The lowest BCUT2D eigenvalue weighted by Crippen LogP contribution is -2.57. The maximum Gasteiger partial charge on any atom is 0.331 e. The van der Waals surface area contributed by atoms with E-state index in [2.05, 4.69) is 0 Å². The van der Waals surface area contributed by atoms with Gasteiger partial charge in [-0.15, -0.1) is 0 Å². The zero-order valence-corrected chi connectivity index (χ0v) is 17.0. The number of rotatable bonds is 6. The van der Waals surface area contributed by atoms with Gasteiger partial charge in [0.1, 0.15) is 17.3 Å². The second-order valence-corrected chi connectivity index (χ2v) is 6.97. The summed E-state index contributed by atoms with van der Waals surface area (Å²) in [5.74, 6) is -1.08. The van der Waals surface area contributed by atoms with Crippen LogP contribution in [-0.4, -0.2) is 55.7 Å². The number of nitrogens with zero attached hydrogens (tertiary/aromatic N) is 1. The number of nitrogens with two attached hydrogens (primary N) is 1. The van der Waals surface area contributed by atoms with Crippen molar-refractivity contribution in [1.29, 1.82) is 0 Å². The minimum atomic E-state index is -0.949. The van der Waals surface area contributed by atoms with Crippen molar-refractivity contribution in [2.45, 2.75) is 25.5 Å². The van der Waals surface area contributed by atoms with Crippen molar-refractivity contribution in [3.8, 4) is 11.5 Å². The van der Waals surface area contributed by atoms with Gasteiger partial charge < -0.3 is 24.8 Å². The molecule has 8 heteroatoms. The first kappa shape index (κ1) is 21.7. The van der Waals surface area contributed by atoms with Crippen LogP contribution in [-0.2, 0) is 20.7 Å². The Kier molecular flexibility index (Phi) is 7.02. The topological polar surface area (TPSA) is 91.1 Å². The third-order valence-electron chi connectivity index (χ3n) is 4.96. The van der Waals surface area contributed by atoms with Crippen molar-refractivity contribution in [3.63, 3.8) is 0 Å². The molecule has 160 valence electrons. The van der Waals surface area contributed by atoms with Crippen LogP contribution in [0.2, 0.25) is 0 Å². The standard InChI is InChI=1S/C22H25FN2O5/c1-14-20(22(27)28-2)25(11-12-29-14)21(26)18-13-17(7-8-19(18)23)30-16-5-3-15(4-6-16)9-10-24/h3-8,13-14,20H,9-12,24H2,1-2H3/t14-,20+/m1/s1. The van der Waals surface area contributed by atoms with E-state index >= 15 is 0 Å². The fraction of sp³-hybridized carbons (Fsp3) is 0.364. The second kappa shape index (κ2) is 9.69. The number of benzene rings is 2. The van der Waals surface area contributed by atoms with Crippen LogP contribution in [0.4, 0.5) is 4.39 Å². The van der Waals surface area contributed by atoms with Gasteiger partial charge in [0, 0.05) is 6.54 Å². The summed E-state index contributed by atoms with van der Waals surface area (Å²) in [6, 6.07) is 10.4. The molecular formula is C22H25FN2O5. The molecule has 0 spiro atoms. The molecule has 3 rings (SSSR count). The number of amides is 1. The summed E-state index contributed by atoms with van der Waals surface area (Å²) in [6.07, 6.45) is 0.194. The lowest BCUT2D eigenvalue weighted by Gasteiger charge is -2.38. The van der Waals surface area contributed by atoms with Crippen LogP contribution < -0.4 is 10.5 Å². The largest absolute Gasteiger partial charge is 0.467 e. The first-order chi connectivity index (χ1) is 14.4. The van der Waals surface area contributed by atoms with Gasteiger partial charge in [0.2, 0.25) is 0 Å². The molecule has 1 amide bonds. The molecule has 1 aliphatic rings. The molecule has 0 aromatic heterocycles. The molecule has 0 unspecified atom stereocenters. The highest BCUT2D eigenvalue weighted by Gasteiger charge is 2.39. The number of morpholine rings is 1. The van der Waals surface area contributed by atoms with Crippen molar-refractivity contribution in [3.05, 3.63) is 59.4 Å². The Morgan fingerprint density at radius 2 is 1.90 bits per heavy atom. The molecule has 0 saturated carbocycles. The summed E-state index contributed by atoms with van der Waals surface area (Å²) in [7, 11) is 1.24. The SMILES string of the molecule is COC(=O)[C@@H]1[C@@H](C)OCCN1C(=O)c1cc(Oc2ccc(CCN)cc2)ccc1F. The highest BCUT2D eigenvalue weighted by atomic mass is 19.1. The summed E-state index contributed by atoms with van der Waals surface area (Å²) < 4.78 is 30.5. The number of halogens is 1. The predicted octanol–water partition coefficient (Wildman–Crippen LogP) is 2.52. The van der Waals surface area contributed by atoms with E-state index in [1.54, 1.807) is 19.1 Å². The third kappa shape index (κ3) is 4.77. The molecule has 2 aromatic rings. The van der Waals surface area contributed by atoms with Crippen molar-refractivity contribution in [2.75, 3.05) is 26.8 Å². The van der Waals surface area contributed by atoms with E-state index in [-0.39, 0.29) is 18.7 Å². The van der Waals surface area contributed by atoms with Crippen LogP contribution in [0.15, 0.2) is 42.5 Å². The first-order valence-electron chi connectivity index (χ1n) is 9.71. The molecule has 0 aliphatic carbocycles. The molecule has 30 heavy (non-hydrogen) atoms. The van der Waals surface area contributed by atoms with E-state index in [0.29, 0.717) is 18.0 Å². The Hall–Kier alpha value is -2.97. The molecule has 0 bridgehead atoms. The maximum atomic E-state index is 14.5. The minimum absolute atomic E-state index is 0.149. The highest BCUT2D eigenvalue weighted by molar-refractivity contribution is 5.97. The summed E-state index contributed by atoms with van der Waals surface area (Å²) in [4.78, 5) is 26.5. The molecule has 0 radical (unpaired) electrons. The van der Waals surface area contributed by atoms with Gasteiger partial charge in [0.15, 0.2) is 6.04 Å². The molecule has 1 fully saturated rings. The van der Waals surface area contributed by atoms with Crippen LogP contribution in [0.5, 0.6) is 11.5 Å². The van der Waals surface area contributed by atoms with Crippen LogP contribution >= 0.6 is 0 Å². The Balaban J connectivity index is 1.83. The zero-order chi connectivity index (χ0) is 21.7. The lowest BCUT2D eigenvalue weighted by molar-refractivity contribution is -0.156. The summed E-state index contributed by atoms with van der Waals surface area (Å²) in [5, 5.41) is 0. The normalized spacial score (nSPS) is 18.7. The van der Waals surface area contributed by atoms with Gasteiger partial charge in [-0.25, -0.2) is 9.18 Å². The van der Waals surface area contributed by atoms with Crippen molar-refractivity contribution >= 4 is 11.9 Å². The number of carbonyl (C=O) groups is 2. The molecule has 1 saturated heterocycles. The number of methoxy groups -OCH3 is 1. The maximum absolute atomic E-state index is 14.5. The highest BCUT2D eigenvalue weighted by Crippen LogP contribution is 2.26. The summed E-state index contributed by atoms with van der Waals surface area (Å²) in [5.41, 5.74) is 6.44. The summed E-state index contributed by atoms with van der Waals surface area (Å²) >= 11 is 0. The average Bonchev–Trinajstić information content (AvgIpc) is 2.75. The lowest BCUT2D eigenvalue weighted by atomic mass is 10.1. The number of carbonyl (C=O) groups excluding carboxylic acids is 2. The van der Waals surface area contributed by atoms with Crippen molar-refractivity contribution in [2.24, 2.45) is 5.73 Å². The third-order valence-corrected chi connectivity index (χ3v) is 4.96. The predicted molar refractivity (Wildman–Crippen MR) is 108 cm³/mol. The number of hydrogen-bond donors (Lipinski definition) is 1. The van der Waals surface area contributed by atoms with Crippen LogP contribution in [0.3, 0.4) is 0 Å². The molecule has 7 nitrogen and oxygen atoms in total. The number of hydrogen-bond acceptors (Lipinski definition) is 6. The van der Waals surface area contributed by atoms with E-state index in [1.807, 2.05) is 12.1 Å². The van der Waals surface area contributed by atoms with Gasteiger partial charge in [0.25, 0.3) is 5.91 Å². The van der Waals surface area contributed by atoms with Gasteiger partial charge in [-0.1, -0.05) is 12.1 Å². The molecule has 2 N–H and O–H groups in total. The van der Waals surface area contributed by atoms with Crippen LogP contribution in [0, 0.1) is 5.82 Å².